The minimum Gasteiger partial charge on any atom is -0.454 e. The average Bonchev–Trinajstić information content (AvgIpc) is 2.93. The summed E-state index contributed by atoms with van der Waals surface area (Å²) in [4.78, 5) is 0. The molecule has 110 valence electrons. The number of rotatable bonds is 5. The number of nitrogens with zero attached hydrogens (tertiary/aromatic N) is 1. The number of ether oxygens (including phenoxy) is 3. The molecule has 5 heteroatoms. The van der Waals surface area contributed by atoms with Crippen LogP contribution in [0.2, 0.25) is 0 Å². The van der Waals surface area contributed by atoms with Crippen molar-refractivity contribution in [3.63, 3.8) is 0 Å². The zero-order valence-corrected chi connectivity index (χ0v) is 11.9. The Balaban J connectivity index is 1.46. The van der Waals surface area contributed by atoms with Crippen LogP contribution in [0.25, 0.3) is 0 Å². The van der Waals surface area contributed by atoms with Crippen LogP contribution in [0.3, 0.4) is 0 Å². The number of fused-ring (bicyclic) bond motifs is 1. The predicted molar refractivity (Wildman–Crippen MR) is 75.9 cm³/mol. The van der Waals surface area contributed by atoms with Crippen LogP contribution < -0.4 is 14.9 Å². The summed E-state index contributed by atoms with van der Waals surface area (Å²) < 4.78 is 16.1. The van der Waals surface area contributed by atoms with Gasteiger partial charge in [-0.1, -0.05) is 6.07 Å². The number of hydrazine groups is 1. The molecule has 0 spiro atoms. The summed E-state index contributed by atoms with van der Waals surface area (Å²) in [5, 5.41) is 2.26. The van der Waals surface area contributed by atoms with Crippen molar-refractivity contribution in [1.82, 2.24) is 10.4 Å². The highest BCUT2D eigenvalue weighted by Gasteiger charge is 2.15. The third-order valence-corrected chi connectivity index (χ3v) is 3.72. The third kappa shape index (κ3) is 3.42. The Labute approximate surface area is 119 Å². The van der Waals surface area contributed by atoms with Crippen molar-refractivity contribution in [3.8, 4) is 11.5 Å². The van der Waals surface area contributed by atoms with E-state index in [0.29, 0.717) is 12.8 Å². The number of nitrogens with one attached hydrogen (secondary N) is 1. The van der Waals surface area contributed by atoms with Crippen molar-refractivity contribution in [2.75, 3.05) is 33.1 Å². The van der Waals surface area contributed by atoms with Crippen LogP contribution in [-0.2, 0) is 11.2 Å². The highest BCUT2D eigenvalue weighted by molar-refractivity contribution is 5.44. The topological polar surface area (TPSA) is 43.0 Å². The number of aryl methyl sites for hydroxylation is 1. The highest BCUT2D eigenvalue weighted by atomic mass is 16.7. The zero-order valence-electron chi connectivity index (χ0n) is 11.9. The van der Waals surface area contributed by atoms with Gasteiger partial charge in [0.25, 0.3) is 0 Å². The second kappa shape index (κ2) is 6.43. The summed E-state index contributed by atoms with van der Waals surface area (Å²) in [6.45, 7) is 6.14. The lowest BCUT2D eigenvalue weighted by atomic mass is 10.1. The van der Waals surface area contributed by atoms with Gasteiger partial charge in [-0.15, -0.1) is 0 Å². The maximum absolute atomic E-state index is 5.41. The fourth-order valence-electron chi connectivity index (χ4n) is 2.55. The van der Waals surface area contributed by atoms with Crippen LogP contribution in [0.5, 0.6) is 11.5 Å². The molecule has 2 aliphatic rings. The van der Waals surface area contributed by atoms with Gasteiger partial charge < -0.3 is 14.2 Å². The van der Waals surface area contributed by atoms with Gasteiger partial charge in [0.15, 0.2) is 11.5 Å². The van der Waals surface area contributed by atoms with Crippen LogP contribution in [0.4, 0.5) is 0 Å². The third-order valence-electron chi connectivity index (χ3n) is 3.72. The lowest BCUT2D eigenvalue weighted by Crippen LogP contribution is -2.49. The molecule has 20 heavy (non-hydrogen) atoms. The van der Waals surface area contributed by atoms with Gasteiger partial charge in [-0.25, -0.2) is 5.01 Å². The molecule has 1 aromatic rings. The molecule has 0 saturated carbocycles. The molecule has 1 N–H and O–H groups in total. The Morgan fingerprint density at radius 3 is 2.85 bits per heavy atom. The number of benzene rings is 1. The first kappa shape index (κ1) is 13.7. The van der Waals surface area contributed by atoms with E-state index in [1.165, 1.54) is 5.56 Å². The smallest absolute Gasteiger partial charge is 0.231 e. The van der Waals surface area contributed by atoms with Gasteiger partial charge in [0.2, 0.25) is 6.79 Å². The van der Waals surface area contributed by atoms with E-state index in [0.717, 1.165) is 50.6 Å². The van der Waals surface area contributed by atoms with Crippen molar-refractivity contribution in [2.45, 2.75) is 25.8 Å². The predicted octanol–water partition coefficient (Wildman–Crippen LogP) is 1.57. The maximum atomic E-state index is 5.41. The summed E-state index contributed by atoms with van der Waals surface area (Å²) in [5.74, 6) is 1.73. The average molecular weight is 278 g/mol. The molecule has 0 amide bonds. The first-order chi connectivity index (χ1) is 9.81. The summed E-state index contributed by atoms with van der Waals surface area (Å²) in [6.07, 6.45) is 2.13. The van der Waals surface area contributed by atoms with Gasteiger partial charge in [-0.2, -0.15) is 0 Å². The quantitative estimate of drug-likeness (QED) is 0.885. The van der Waals surface area contributed by atoms with E-state index < -0.39 is 0 Å². The largest absolute Gasteiger partial charge is 0.454 e. The maximum Gasteiger partial charge on any atom is 0.231 e. The summed E-state index contributed by atoms with van der Waals surface area (Å²) in [6, 6.07) is 6.66. The van der Waals surface area contributed by atoms with Crippen molar-refractivity contribution in [1.29, 1.82) is 0 Å². The van der Waals surface area contributed by atoms with E-state index in [4.69, 9.17) is 14.2 Å². The molecule has 0 aliphatic carbocycles. The molecule has 0 radical (unpaired) electrons. The van der Waals surface area contributed by atoms with E-state index >= 15 is 0 Å². The molecule has 1 aromatic carbocycles. The Morgan fingerprint density at radius 2 is 2.00 bits per heavy atom. The minimum atomic E-state index is 0.341. The van der Waals surface area contributed by atoms with Gasteiger partial charge in [0.1, 0.15) is 0 Å². The lowest BCUT2D eigenvalue weighted by Gasteiger charge is -2.30. The fraction of sp³-hybridized carbons (Fsp3) is 0.600. The molecule has 1 unspecified atom stereocenters. The molecule has 2 aliphatic heterocycles. The molecule has 2 heterocycles. The second-order valence-corrected chi connectivity index (χ2v) is 5.36. The first-order valence-corrected chi connectivity index (χ1v) is 7.28. The molecule has 1 atom stereocenters. The van der Waals surface area contributed by atoms with Crippen molar-refractivity contribution in [3.05, 3.63) is 23.8 Å². The molecule has 5 nitrogen and oxygen atoms in total. The second-order valence-electron chi connectivity index (χ2n) is 5.36. The molecule has 0 aromatic heterocycles. The number of hydrogen-bond donors (Lipinski definition) is 1. The zero-order chi connectivity index (χ0) is 13.8. The van der Waals surface area contributed by atoms with E-state index in [1.54, 1.807) is 0 Å². The van der Waals surface area contributed by atoms with Crippen LogP contribution in [0, 0.1) is 0 Å². The molecule has 1 fully saturated rings. The summed E-state index contributed by atoms with van der Waals surface area (Å²) >= 11 is 0. The number of hydrogen-bond acceptors (Lipinski definition) is 5. The van der Waals surface area contributed by atoms with Gasteiger partial charge in [-0.05, 0) is 37.5 Å². The first-order valence-electron chi connectivity index (χ1n) is 7.28. The standard InChI is InChI=1S/C15H22N2O3/c1-12(16-17-6-8-18-9-7-17)2-3-13-4-5-14-15(10-13)20-11-19-14/h4-5,10,12,16H,2-3,6-9,11H2,1H3. The highest BCUT2D eigenvalue weighted by Crippen LogP contribution is 2.32. The monoisotopic (exact) mass is 278 g/mol. The molecule has 1 saturated heterocycles. The van der Waals surface area contributed by atoms with Crippen molar-refractivity contribution < 1.29 is 14.2 Å². The van der Waals surface area contributed by atoms with Crippen LogP contribution >= 0.6 is 0 Å². The van der Waals surface area contributed by atoms with Gasteiger partial charge in [-0.3, -0.25) is 5.43 Å². The molecular weight excluding hydrogens is 256 g/mol. The minimum absolute atomic E-state index is 0.341. The van der Waals surface area contributed by atoms with E-state index in [9.17, 15) is 0 Å². The normalized spacial score (nSPS) is 20.1. The molecule has 3 rings (SSSR count). The van der Waals surface area contributed by atoms with E-state index in [-0.39, 0.29) is 0 Å². The van der Waals surface area contributed by atoms with Gasteiger partial charge >= 0.3 is 0 Å². The Hall–Kier alpha value is -1.30. The molecule has 0 bridgehead atoms. The Kier molecular flexibility index (Phi) is 4.40. The van der Waals surface area contributed by atoms with Crippen LogP contribution in [-0.4, -0.2) is 44.1 Å². The van der Waals surface area contributed by atoms with Crippen LogP contribution in [0.15, 0.2) is 18.2 Å². The van der Waals surface area contributed by atoms with Gasteiger partial charge in [0.05, 0.1) is 13.2 Å². The Morgan fingerprint density at radius 1 is 1.20 bits per heavy atom. The van der Waals surface area contributed by atoms with Crippen molar-refractivity contribution >= 4 is 0 Å². The number of morpholine rings is 1. The molecular formula is C15H22N2O3. The van der Waals surface area contributed by atoms with Crippen LogP contribution in [0.1, 0.15) is 18.9 Å². The van der Waals surface area contributed by atoms with Crippen molar-refractivity contribution in [2.24, 2.45) is 0 Å². The van der Waals surface area contributed by atoms with E-state index in [1.807, 2.05) is 6.07 Å². The lowest BCUT2D eigenvalue weighted by molar-refractivity contribution is 0.00446. The van der Waals surface area contributed by atoms with Gasteiger partial charge in [0, 0.05) is 19.1 Å². The fourth-order valence-corrected chi connectivity index (χ4v) is 2.55. The SMILES string of the molecule is CC(CCc1ccc2c(c1)OCO2)NN1CCOCC1. The summed E-state index contributed by atoms with van der Waals surface area (Å²) in [5.41, 5.74) is 4.83. The summed E-state index contributed by atoms with van der Waals surface area (Å²) in [7, 11) is 0. The van der Waals surface area contributed by atoms with E-state index in [2.05, 4.69) is 29.5 Å². The Bertz CT molecular complexity index is 447.